The fourth-order valence-electron chi connectivity index (χ4n) is 2.86. The van der Waals surface area contributed by atoms with Gasteiger partial charge in [-0.2, -0.15) is 0 Å². The number of halogens is 2. The molecule has 1 saturated heterocycles. The van der Waals surface area contributed by atoms with E-state index in [0.29, 0.717) is 40.3 Å². The Morgan fingerprint density at radius 3 is 2.63 bits per heavy atom. The summed E-state index contributed by atoms with van der Waals surface area (Å²) in [6.07, 6.45) is 2.48. The summed E-state index contributed by atoms with van der Waals surface area (Å²) in [5, 5.41) is -0.429. The zero-order valence-corrected chi connectivity index (χ0v) is 19.0. The quantitative estimate of drug-likeness (QED) is 0.421. The molecule has 30 heavy (non-hydrogen) atoms. The number of rotatable bonds is 8. The second-order valence-electron chi connectivity index (χ2n) is 6.47. The van der Waals surface area contributed by atoms with Gasteiger partial charge in [-0.25, -0.2) is 4.39 Å². The number of benzene rings is 2. The van der Waals surface area contributed by atoms with Crippen molar-refractivity contribution in [3.05, 3.63) is 62.7 Å². The highest BCUT2D eigenvalue weighted by atomic mass is 79.9. The van der Waals surface area contributed by atoms with Gasteiger partial charge in [-0.3, -0.25) is 14.5 Å². The molecule has 0 aliphatic carbocycles. The lowest BCUT2D eigenvalue weighted by Gasteiger charge is -2.14. The Balaban J connectivity index is 1.87. The summed E-state index contributed by atoms with van der Waals surface area (Å²) >= 11 is 4.33. The van der Waals surface area contributed by atoms with Gasteiger partial charge in [0.1, 0.15) is 5.82 Å². The van der Waals surface area contributed by atoms with E-state index in [1.165, 1.54) is 6.07 Å². The van der Waals surface area contributed by atoms with Gasteiger partial charge in [0, 0.05) is 5.56 Å². The molecule has 0 spiro atoms. The molecule has 0 N–H and O–H groups in total. The van der Waals surface area contributed by atoms with Crippen LogP contribution < -0.4 is 9.47 Å². The molecule has 2 amide bonds. The third-order valence-corrected chi connectivity index (χ3v) is 5.74. The van der Waals surface area contributed by atoms with Gasteiger partial charge in [0.25, 0.3) is 11.1 Å². The first-order valence-electron chi connectivity index (χ1n) is 9.52. The van der Waals surface area contributed by atoms with Crippen LogP contribution in [0.15, 0.2) is 45.8 Å². The molecule has 8 heteroatoms. The molecule has 0 unspecified atom stereocenters. The molecule has 2 aromatic rings. The van der Waals surface area contributed by atoms with Crippen LogP contribution in [0.2, 0.25) is 0 Å². The minimum Gasteiger partial charge on any atom is -0.490 e. The Kier molecular flexibility index (Phi) is 7.55. The van der Waals surface area contributed by atoms with E-state index in [2.05, 4.69) is 15.9 Å². The lowest BCUT2D eigenvalue weighted by atomic mass is 10.1. The summed E-state index contributed by atoms with van der Waals surface area (Å²) in [6, 6.07) is 9.67. The van der Waals surface area contributed by atoms with E-state index in [1.54, 1.807) is 36.4 Å². The van der Waals surface area contributed by atoms with Crippen LogP contribution in [-0.2, 0) is 11.3 Å². The molecule has 0 saturated carbocycles. The summed E-state index contributed by atoms with van der Waals surface area (Å²) in [5.74, 6) is 0.253. The predicted octanol–water partition coefficient (Wildman–Crippen LogP) is 6.01. The van der Waals surface area contributed by atoms with E-state index in [4.69, 9.17) is 9.47 Å². The second kappa shape index (κ2) is 10.1. The van der Waals surface area contributed by atoms with Crippen molar-refractivity contribution in [2.24, 2.45) is 0 Å². The van der Waals surface area contributed by atoms with Crippen LogP contribution in [0.3, 0.4) is 0 Å². The van der Waals surface area contributed by atoms with Crippen molar-refractivity contribution in [1.29, 1.82) is 0 Å². The van der Waals surface area contributed by atoms with Crippen LogP contribution in [0.1, 0.15) is 31.4 Å². The zero-order valence-electron chi connectivity index (χ0n) is 16.6. The molecule has 1 fully saturated rings. The smallest absolute Gasteiger partial charge is 0.293 e. The minimum atomic E-state index is -0.450. The largest absolute Gasteiger partial charge is 0.490 e. The van der Waals surface area contributed by atoms with E-state index >= 15 is 0 Å². The van der Waals surface area contributed by atoms with Gasteiger partial charge >= 0.3 is 0 Å². The zero-order chi connectivity index (χ0) is 21.7. The third-order valence-electron chi connectivity index (χ3n) is 4.24. The van der Waals surface area contributed by atoms with Crippen LogP contribution in [0.5, 0.6) is 11.5 Å². The number of hydrogen-bond donors (Lipinski definition) is 0. The van der Waals surface area contributed by atoms with E-state index < -0.39 is 17.0 Å². The monoisotopic (exact) mass is 493 g/mol. The van der Waals surface area contributed by atoms with Gasteiger partial charge < -0.3 is 9.47 Å². The molecule has 1 heterocycles. The fraction of sp³-hybridized carbons (Fsp3) is 0.273. The first-order valence-corrected chi connectivity index (χ1v) is 11.1. The highest BCUT2D eigenvalue weighted by Gasteiger charge is 2.35. The molecule has 3 rings (SSSR count). The molecule has 5 nitrogen and oxygen atoms in total. The van der Waals surface area contributed by atoms with E-state index in [9.17, 15) is 14.0 Å². The van der Waals surface area contributed by atoms with Crippen molar-refractivity contribution < 1.29 is 23.5 Å². The number of imide groups is 1. The fourth-order valence-corrected chi connectivity index (χ4v) is 4.28. The van der Waals surface area contributed by atoms with Crippen LogP contribution in [0.4, 0.5) is 9.18 Å². The molecule has 0 atom stereocenters. The summed E-state index contributed by atoms with van der Waals surface area (Å²) in [4.78, 5) is 26.4. The molecule has 0 radical (unpaired) electrons. The van der Waals surface area contributed by atoms with E-state index in [1.807, 2.05) is 13.8 Å². The van der Waals surface area contributed by atoms with Crippen molar-refractivity contribution >= 4 is 44.9 Å². The van der Waals surface area contributed by atoms with Crippen LogP contribution in [-0.4, -0.2) is 29.3 Å². The Hall–Kier alpha value is -2.32. The molecular weight excluding hydrogens is 473 g/mol. The van der Waals surface area contributed by atoms with Gasteiger partial charge in [0.15, 0.2) is 11.5 Å². The Morgan fingerprint density at radius 1 is 1.17 bits per heavy atom. The van der Waals surface area contributed by atoms with Crippen LogP contribution in [0, 0.1) is 5.82 Å². The van der Waals surface area contributed by atoms with Crippen molar-refractivity contribution in [2.45, 2.75) is 26.8 Å². The topological polar surface area (TPSA) is 55.8 Å². The minimum absolute atomic E-state index is 0.105. The molecule has 158 valence electrons. The molecule has 1 aliphatic heterocycles. The number of carbonyl (C=O) groups excluding carboxylic acids is 2. The van der Waals surface area contributed by atoms with Crippen molar-refractivity contribution in [1.82, 2.24) is 4.90 Å². The lowest BCUT2D eigenvalue weighted by molar-refractivity contribution is -0.123. The highest BCUT2D eigenvalue weighted by molar-refractivity contribution is 9.10. The third kappa shape index (κ3) is 5.05. The molecule has 2 aromatic carbocycles. The standard InChI is InChI=1S/C22H21BrFNO4S/c1-3-9-29-20-16(23)10-14(11-18(20)28-4-2)12-19-21(26)25(22(27)30-19)13-15-7-5-6-8-17(15)24/h5-8,10-12H,3-4,9,13H2,1-2H3/b19-12-. The van der Waals surface area contributed by atoms with Gasteiger partial charge in [-0.1, -0.05) is 25.1 Å². The summed E-state index contributed by atoms with van der Waals surface area (Å²) in [6.45, 7) is 4.79. The number of carbonyl (C=O) groups is 2. The highest BCUT2D eigenvalue weighted by Crippen LogP contribution is 2.39. The number of amides is 2. The maximum atomic E-state index is 13.9. The summed E-state index contributed by atoms with van der Waals surface area (Å²) in [5.41, 5.74) is 0.977. The average Bonchev–Trinajstić information content (AvgIpc) is 2.96. The van der Waals surface area contributed by atoms with Crippen molar-refractivity contribution in [2.75, 3.05) is 13.2 Å². The Labute approximate surface area is 187 Å². The number of thioether (sulfide) groups is 1. The molecule has 1 aliphatic rings. The SMILES string of the molecule is CCCOc1c(Br)cc(/C=C2\SC(=O)N(Cc3ccccc3F)C2=O)cc1OCC. The van der Waals surface area contributed by atoms with Crippen molar-refractivity contribution in [3.63, 3.8) is 0 Å². The molecular formula is C22H21BrFNO4S. The first kappa shape index (κ1) is 22.4. The maximum absolute atomic E-state index is 13.9. The predicted molar refractivity (Wildman–Crippen MR) is 119 cm³/mol. The van der Waals surface area contributed by atoms with Gasteiger partial charge in [0.05, 0.1) is 29.1 Å². The second-order valence-corrected chi connectivity index (χ2v) is 8.32. The van der Waals surface area contributed by atoms with E-state index in [0.717, 1.165) is 23.1 Å². The van der Waals surface area contributed by atoms with E-state index in [-0.39, 0.29) is 11.4 Å². The maximum Gasteiger partial charge on any atom is 0.293 e. The number of nitrogens with zero attached hydrogens (tertiary/aromatic N) is 1. The Morgan fingerprint density at radius 2 is 1.93 bits per heavy atom. The normalized spacial score (nSPS) is 15.2. The molecule has 0 bridgehead atoms. The van der Waals surface area contributed by atoms with Gasteiger partial charge in [-0.15, -0.1) is 0 Å². The van der Waals surface area contributed by atoms with Gasteiger partial charge in [-0.05, 0) is 70.9 Å². The first-order chi connectivity index (χ1) is 14.4. The Bertz CT molecular complexity index is 995. The van der Waals surface area contributed by atoms with Crippen molar-refractivity contribution in [3.8, 4) is 11.5 Å². The summed E-state index contributed by atoms with van der Waals surface area (Å²) in [7, 11) is 0. The van der Waals surface area contributed by atoms with Crippen LogP contribution >= 0.6 is 27.7 Å². The molecule has 0 aromatic heterocycles. The average molecular weight is 494 g/mol. The number of hydrogen-bond acceptors (Lipinski definition) is 5. The van der Waals surface area contributed by atoms with Gasteiger partial charge in [0.2, 0.25) is 0 Å². The lowest BCUT2D eigenvalue weighted by Crippen LogP contribution is -2.27. The summed E-state index contributed by atoms with van der Waals surface area (Å²) < 4.78 is 26.1. The number of ether oxygens (including phenoxy) is 2. The van der Waals surface area contributed by atoms with Crippen LogP contribution in [0.25, 0.3) is 6.08 Å².